The quantitative estimate of drug-likeness (QED) is 0.592. The predicted octanol–water partition coefficient (Wildman–Crippen LogP) is 2.67. The van der Waals surface area contributed by atoms with Crippen LogP contribution >= 0.6 is 0 Å². The topological polar surface area (TPSA) is 52.6 Å². The van der Waals surface area contributed by atoms with Crippen LogP contribution < -0.4 is 0 Å². The first kappa shape index (κ1) is 16.0. The van der Waals surface area contributed by atoms with Gasteiger partial charge >= 0.3 is 11.9 Å². The Balaban J connectivity index is 2.38. The van der Waals surface area contributed by atoms with Crippen molar-refractivity contribution in [1.82, 2.24) is 0 Å². The summed E-state index contributed by atoms with van der Waals surface area (Å²) >= 11 is 0. The minimum absolute atomic E-state index is 0.208. The highest BCUT2D eigenvalue weighted by Crippen LogP contribution is 2.06. The van der Waals surface area contributed by atoms with Gasteiger partial charge in [-0.1, -0.05) is 30.3 Å². The van der Waals surface area contributed by atoms with Gasteiger partial charge in [-0.3, -0.25) is 0 Å². The minimum atomic E-state index is -0.548. The van der Waals surface area contributed by atoms with Crippen molar-refractivity contribution in [2.75, 3.05) is 0 Å². The van der Waals surface area contributed by atoms with Crippen LogP contribution in [0.15, 0.2) is 42.5 Å². The molecule has 4 nitrogen and oxygen atoms in total. The highest BCUT2D eigenvalue weighted by Gasteiger charge is 2.08. The van der Waals surface area contributed by atoms with Crippen LogP contribution in [-0.2, 0) is 25.5 Å². The Morgan fingerprint density at radius 2 is 1.55 bits per heavy atom. The predicted molar refractivity (Wildman–Crippen MR) is 76.1 cm³/mol. The molecule has 20 heavy (non-hydrogen) atoms. The fourth-order valence-corrected chi connectivity index (χ4v) is 1.63. The van der Waals surface area contributed by atoms with E-state index in [9.17, 15) is 9.59 Å². The molecule has 108 valence electrons. The van der Waals surface area contributed by atoms with E-state index < -0.39 is 11.9 Å². The third-order valence-electron chi connectivity index (χ3n) is 2.39. The van der Waals surface area contributed by atoms with Gasteiger partial charge in [0.2, 0.25) is 0 Å². The van der Waals surface area contributed by atoms with Crippen LogP contribution in [0.5, 0.6) is 0 Å². The average molecular weight is 276 g/mol. The minimum Gasteiger partial charge on any atom is -0.460 e. The number of carbonyl (C=O) groups excluding carboxylic acids is 2. The number of rotatable bonds is 6. The fraction of sp³-hybridized carbons (Fsp3) is 0.375. The van der Waals surface area contributed by atoms with Gasteiger partial charge in [-0.15, -0.1) is 0 Å². The lowest BCUT2D eigenvalue weighted by atomic mass is 10.1. The van der Waals surface area contributed by atoms with Crippen LogP contribution in [0.1, 0.15) is 26.3 Å². The molecule has 0 heterocycles. The van der Waals surface area contributed by atoms with E-state index in [1.54, 1.807) is 13.8 Å². The van der Waals surface area contributed by atoms with E-state index in [1.807, 2.05) is 37.3 Å². The standard InChI is InChI=1S/C16H20O4/c1-12(2)19-15(17)9-10-16(18)20-13(3)11-14-7-5-4-6-8-14/h4-10,12-13H,11H2,1-3H3/b10-9+. The van der Waals surface area contributed by atoms with Crippen LogP contribution in [0.4, 0.5) is 0 Å². The maximum atomic E-state index is 11.5. The van der Waals surface area contributed by atoms with Crippen molar-refractivity contribution in [3.05, 3.63) is 48.0 Å². The number of benzene rings is 1. The monoisotopic (exact) mass is 276 g/mol. The second-order valence-electron chi connectivity index (χ2n) is 4.76. The van der Waals surface area contributed by atoms with E-state index in [0.29, 0.717) is 6.42 Å². The Morgan fingerprint density at radius 3 is 2.10 bits per heavy atom. The van der Waals surface area contributed by atoms with Gasteiger partial charge in [-0.05, 0) is 26.3 Å². The molecular weight excluding hydrogens is 256 g/mol. The van der Waals surface area contributed by atoms with Gasteiger partial charge < -0.3 is 9.47 Å². The molecule has 1 rings (SSSR count). The molecule has 0 aliphatic rings. The molecular formula is C16H20O4. The summed E-state index contributed by atoms with van der Waals surface area (Å²) < 4.78 is 10.0. The van der Waals surface area contributed by atoms with E-state index in [2.05, 4.69) is 0 Å². The van der Waals surface area contributed by atoms with E-state index in [0.717, 1.165) is 17.7 Å². The Kier molecular flexibility index (Phi) is 6.50. The third kappa shape index (κ3) is 6.73. The Morgan fingerprint density at radius 1 is 1.00 bits per heavy atom. The summed E-state index contributed by atoms with van der Waals surface area (Å²) in [6.45, 7) is 5.29. The number of esters is 2. The molecule has 0 saturated carbocycles. The van der Waals surface area contributed by atoms with Gasteiger partial charge in [0.25, 0.3) is 0 Å². The number of ether oxygens (including phenoxy) is 2. The summed E-state index contributed by atoms with van der Waals surface area (Å²) in [6, 6.07) is 9.75. The lowest BCUT2D eigenvalue weighted by Gasteiger charge is -2.11. The van der Waals surface area contributed by atoms with Crippen molar-refractivity contribution >= 4 is 11.9 Å². The second kappa shape index (κ2) is 8.15. The van der Waals surface area contributed by atoms with E-state index in [1.165, 1.54) is 0 Å². The normalized spacial score (nSPS) is 12.4. The molecule has 0 aromatic heterocycles. The molecule has 1 unspecified atom stereocenters. The Labute approximate surface area is 119 Å². The van der Waals surface area contributed by atoms with Crippen LogP contribution in [0, 0.1) is 0 Å². The number of hydrogen-bond acceptors (Lipinski definition) is 4. The van der Waals surface area contributed by atoms with Crippen molar-refractivity contribution in [3.63, 3.8) is 0 Å². The molecule has 4 heteroatoms. The molecule has 1 aromatic rings. The first-order valence-electron chi connectivity index (χ1n) is 6.60. The molecule has 0 aliphatic carbocycles. The molecule has 0 saturated heterocycles. The first-order chi connectivity index (χ1) is 9.47. The second-order valence-corrected chi connectivity index (χ2v) is 4.76. The molecule has 1 aromatic carbocycles. The highest BCUT2D eigenvalue weighted by atomic mass is 16.5. The SMILES string of the molecule is CC(C)OC(=O)/C=C/C(=O)OC(C)Cc1ccccc1. The van der Waals surface area contributed by atoms with Crippen LogP contribution in [-0.4, -0.2) is 24.1 Å². The molecule has 0 bridgehead atoms. The van der Waals surface area contributed by atoms with Crippen molar-refractivity contribution in [1.29, 1.82) is 0 Å². The molecule has 0 N–H and O–H groups in total. The molecule has 0 radical (unpaired) electrons. The van der Waals surface area contributed by atoms with Crippen molar-refractivity contribution < 1.29 is 19.1 Å². The molecule has 1 atom stereocenters. The van der Waals surface area contributed by atoms with E-state index in [-0.39, 0.29) is 12.2 Å². The number of hydrogen-bond donors (Lipinski definition) is 0. The van der Waals surface area contributed by atoms with E-state index in [4.69, 9.17) is 9.47 Å². The molecule has 0 aliphatic heterocycles. The van der Waals surface area contributed by atoms with E-state index >= 15 is 0 Å². The smallest absolute Gasteiger partial charge is 0.331 e. The van der Waals surface area contributed by atoms with Crippen LogP contribution in [0.25, 0.3) is 0 Å². The maximum Gasteiger partial charge on any atom is 0.331 e. The van der Waals surface area contributed by atoms with Crippen LogP contribution in [0.2, 0.25) is 0 Å². The van der Waals surface area contributed by atoms with Gasteiger partial charge in [0.05, 0.1) is 6.10 Å². The van der Waals surface area contributed by atoms with Gasteiger partial charge in [0.15, 0.2) is 0 Å². The zero-order valence-electron chi connectivity index (χ0n) is 12.0. The van der Waals surface area contributed by atoms with Gasteiger partial charge in [-0.2, -0.15) is 0 Å². The maximum absolute atomic E-state index is 11.5. The summed E-state index contributed by atoms with van der Waals surface area (Å²) in [5.74, 6) is -1.10. The fourth-order valence-electron chi connectivity index (χ4n) is 1.63. The largest absolute Gasteiger partial charge is 0.460 e. The summed E-state index contributed by atoms with van der Waals surface area (Å²) in [7, 11) is 0. The van der Waals surface area contributed by atoms with Crippen molar-refractivity contribution in [2.45, 2.75) is 39.4 Å². The zero-order valence-corrected chi connectivity index (χ0v) is 12.0. The summed E-state index contributed by atoms with van der Waals surface area (Å²) in [5, 5.41) is 0. The Hall–Kier alpha value is -2.10. The summed E-state index contributed by atoms with van der Waals surface area (Å²) in [4.78, 5) is 22.7. The lowest BCUT2D eigenvalue weighted by Crippen LogP contribution is -2.16. The van der Waals surface area contributed by atoms with Gasteiger partial charge in [0.1, 0.15) is 6.10 Å². The third-order valence-corrected chi connectivity index (χ3v) is 2.39. The highest BCUT2D eigenvalue weighted by molar-refractivity contribution is 5.91. The lowest BCUT2D eigenvalue weighted by molar-refractivity contribution is -0.144. The van der Waals surface area contributed by atoms with Crippen molar-refractivity contribution in [3.8, 4) is 0 Å². The molecule has 0 fully saturated rings. The van der Waals surface area contributed by atoms with Crippen molar-refractivity contribution in [2.24, 2.45) is 0 Å². The van der Waals surface area contributed by atoms with Crippen LogP contribution in [0.3, 0.4) is 0 Å². The van der Waals surface area contributed by atoms with Gasteiger partial charge in [0, 0.05) is 18.6 Å². The molecule has 0 amide bonds. The number of carbonyl (C=O) groups is 2. The summed E-state index contributed by atoms with van der Waals surface area (Å²) in [5.41, 5.74) is 1.09. The average Bonchev–Trinajstić information content (AvgIpc) is 2.36. The Bertz CT molecular complexity index is 463. The summed E-state index contributed by atoms with van der Waals surface area (Å²) in [6.07, 6.45) is 2.34. The zero-order chi connectivity index (χ0) is 15.0. The molecule has 0 spiro atoms. The first-order valence-corrected chi connectivity index (χ1v) is 6.60. The van der Waals surface area contributed by atoms with Gasteiger partial charge in [-0.25, -0.2) is 9.59 Å².